The van der Waals surface area contributed by atoms with E-state index in [4.69, 9.17) is 14.2 Å². The van der Waals surface area contributed by atoms with Crippen molar-refractivity contribution in [2.24, 2.45) is 0 Å². The quantitative estimate of drug-likeness (QED) is 0.254. The Morgan fingerprint density at radius 1 is 1.32 bits per heavy atom. The lowest BCUT2D eigenvalue weighted by Crippen LogP contribution is -2.39. The minimum Gasteiger partial charge on any atom is -0.445 e. The van der Waals surface area contributed by atoms with Crippen molar-refractivity contribution in [2.75, 3.05) is 33.9 Å². The SMILES string of the molecule is C=C=CCN(CC(OC)OC)C(=O)OC/C(C)=C/CCC=C. The third-order valence-corrected chi connectivity index (χ3v) is 2.90. The molecule has 124 valence electrons. The highest BCUT2D eigenvalue weighted by molar-refractivity contribution is 5.68. The van der Waals surface area contributed by atoms with Crippen LogP contribution < -0.4 is 0 Å². The molecule has 0 spiro atoms. The highest BCUT2D eigenvalue weighted by Gasteiger charge is 2.18. The van der Waals surface area contributed by atoms with E-state index in [0.29, 0.717) is 6.54 Å². The van der Waals surface area contributed by atoms with Gasteiger partial charge in [-0.15, -0.1) is 12.3 Å². The van der Waals surface area contributed by atoms with Crippen molar-refractivity contribution in [3.63, 3.8) is 0 Å². The van der Waals surface area contributed by atoms with E-state index >= 15 is 0 Å². The normalized spacial score (nSPS) is 11.0. The van der Waals surface area contributed by atoms with Crippen LogP contribution >= 0.6 is 0 Å². The van der Waals surface area contributed by atoms with Crippen LogP contribution in [-0.2, 0) is 14.2 Å². The van der Waals surface area contributed by atoms with E-state index in [0.717, 1.165) is 18.4 Å². The smallest absolute Gasteiger partial charge is 0.410 e. The Labute approximate surface area is 133 Å². The number of ether oxygens (including phenoxy) is 3. The molecule has 1 amide bonds. The molecule has 0 saturated carbocycles. The van der Waals surface area contributed by atoms with Crippen LogP contribution in [0.2, 0.25) is 0 Å². The third-order valence-electron chi connectivity index (χ3n) is 2.90. The Morgan fingerprint density at radius 2 is 2.00 bits per heavy atom. The van der Waals surface area contributed by atoms with Gasteiger partial charge in [-0.1, -0.05) is 18.7 Å². The summed E-state index contributed by atoms with van der Waals surface area (Å²) in [4.78, 5) is 13.6. The zero-order valence-electron chi connectivity index (χ0n) is 13.8. The summed E-state index contributed by atoms with van der Waals surface area (Å²) in [6.45, 7) is 9.95. The van der Waals surface area contributed by atoms with E-state index in [-0.39, 0.29) is 13.2 Å². The van der Waals surface area contributed by atoms with E-state index in [1.54, 1.807) is 6.08 Å². The Morgan fingerprint density at radius 3 is 2.55 bits per heavy atom. The first-order valence-electron chi connectivity index (χ1n) is 7.17. The molecule has 0 heterocycles. The van der Waals surface area contributed by atoms with Crippen molar-refractivity contribution in [3.8, 4) is 0 Å². The van der Waals surface area contributed by atoms with Gasteiger partial charge in [0.25, 0.3) is 0 Å². The minimum absolute atomic E-state index is 0.259. The highest BCUT2D eigenvalue weighted by atomic mass is 16.7. The van der Waals surface area contributed by atoms with Crippen LogP contribution in [0.25, 0.3) is 0 Å². The van der Waals surface area contributed by atoms with Crippen LogP contribution in [0.1, 0.15) is 19.8 Å². The van der Waals surface area contributed by atoms with E-state index in [2.05, 4.69) is 18.9 Å². The average Bonchev–Trinajstić information content (AvgIpc) is 2.53. The largest absolute Gasteiger partial charge is 0.445 e. The number of carbonyl (C=O) groups excluding carboxylic acids is 1. The first kappa shape index (κ1) is 20.2. The molecule has 0 aliphatic carbocycles. The molecule has 0 bridgehead atoms. The summed E-state index contributed by atoms with van der Waals surface area (Å²) in [5.41, 5.74) is 3.64. The van der Waals surface area contributed by atoms with E-state index < -0.39 is 12.4 Å². The van der Waals surface area contributed by atoms with Gasteiger partial charge >= 0.3 is 6.09 Å². The molecule has 5 nitrogen and oxygen atoms in total. The van der Waals surface area contributed by atoms with Gasteiger partial charge in [-0.3, -0.25) is 4.90 Å². The number of hydrogen-bond donors (Lipinski definition) is 0. The zero-order valence-corrected chi connectivity index (χ0v) is 13.8. The standard InChI is InChI=1S/C17H27NO4/c1-6-8-10-11-15(3)14-22-17(19)18(12-9-7-2)13-16(20-4)21-5/h6,9,11,16H,1-2,8,10,12-14H2,3-5H3/b15-11+. The number of rotatable bonds is 11. The molecule has 0 aromatic carbocycles. The second-order valence-corrected chi connectivity index (χ2v) is 4.69. The monoisotopic (exact) mass is 309 g/mol. The molecule has 0 radical (unpaired) electrons. The predicted octanol–water partition coefficient (Wildman–Crippen LogP) is 3.30. The molecule has 0 unspecified atom stereocenters. The summed E-state index contributed by atoms with van der Waals surface area (Å²) in [5.74, 6) is 0. The summed E-state index contributed by atoms with van der Waals surface area (Å²) in [7, 11) is 3.04. The average molecular weight is 309 g/mol. The molecule has 5 heteroatoms. The van der Waals surface area contributed by atoms with E-state index in [1.807, 2.05) is 19.1 Å². The molecule has 0 saturated heterocycles. The zero-order chi connectivity index (χ0) is 16.8. The molecule has 0 rings (SSSR count). The van der Waals surface area contributed by atoms with Crippen molar-refractivity contribution >= 4 is 6.09 Å². The van der Waals surface area contributed by atoms with Crippen LogP contribution in [0.3, 0.4) is 0 Å². The molecule has 0 atom stereocenters. The molecule has 0 aliphatic heterocycles. The maximum atomic E-state index is 12.1. The summed E-state index contributed by atoms with van der Waals surface area (Å²) < 4.78 is 15.5. The lowest BCUT2D eigenvalue weighted by atomic mass is 10.2. The third kappa shape index (κ3) is 9.19. The topological polar surface area (TPSA) is 48.0 Å². The Balaban J connectivity index is 4.51. The van der Waals surface area contributed by atoms with Gasteiger partial charge in [-0.2, -0.15) is 0 Å². The van der Waals surface area contributed by atoms with Gasteiger partial charge in [0.2, 0.25) is 0 Å². The molecule has 0 aliphatic rings. The van der Waals surface area contributed by atoms with Crippen LogP contribution in [0.5, 0.6) is 0 Å². The first-order chi connectivity index (χ1) is 10.6. The van der Waals surface area contributed by atoms with Gasteiger partial charge in [-0.25, -0.2) is 4.79 Å². The van der Waals surface area contributed by atoms with Crippen LogP contribution in [0.15, 0.2) is 42.7 Å². The van der Waals surface area contributed by atoms with Gasteiger partial charge in [0.1, 0.15) is 6.61 Å². The molecule has 0 aromatic rings. The fourth-order valence-corrected chi connectivity index (χ4v) is 1.60. The molecule has 0 N–H and O–H groups in total. The van der Waals surface area contributed by atoms with Gasteiger partial charge < -0.3 is 14.2 Å². The number of nitrogens with zero attached hydrogens (tertiary/aromatic N) is 1. The van der Waals surface area contributed by atoms with Crippen molar-refractivity contribution < 1.29 is 19.0 Å². The maximum absolute atomic E-state index is 12.1. The summed E-state index contributed by atoms with van der Waals surface area (Å²) in [5, 5.41) is 0. The molecule has 0 aromatic heterocycles. The Kier molecular flexibility index (Phi) is 11.8. The van der Waals surface area contributed by atoms with Gasteiger partial charge in [0.15, 0.2) is 6.29 Å². The highest BCUT2D eigenvalue weighted by Crippen LogP contribution is 2.04. The second kappa shape index (κ2) is 12.9. The molecule has 22 heavy (non-hydrogen) atoms. The Bertz CT molecular complexity index is 407. The van der Waals surface area contributed by atoms with E-state index in [9.17, 15) is 4.79 Å². The van der Waals surface area contributed by atoms with Crippen molar-refractivity contribution in [1.29, 1.82) is 0 Å². The number of carbonyl (C=O) groups is 1. The minimum atomic E-state index is -0.505. The fourth-order valence-electron chi connectivity index (χ4n) is 1.60. The molecular weight excluding hydrogens is 282 g/mol. The van der Waals surface area contributed by atoms with Gasteiger partial charge in [0.05, 0.1) is 6.54 Å². The number of amides is 1. The number of allylic oxidation sites excluding steroid dienone is 2. The van der Waals surface area contributed by atoms with Crippen molar-refractivity contribution in [3.05, 3.63) is 42.7 Å². The van der Waals surface area contributed by atoms with Gasteiger partial charge in [0, 0.05) is 20.8 Å². The number of methoxy groups -OCH3 is 2. The van der Waals surface area contributed by atoms with Gasteiger partial charge in [-0.05, 0) is 31.4 Å². The lowest BCUT2D eigenvalue weighted by molar-refractivity contribution is -0.112. The van der Waals surface area contributed by atoms with Crippen LogP contribution in [0.4, 0.5) is 4.79 Å². The Hall–Kier alpha value is -1.81. The fraction of sp³-hybridized carbons (Fsp3) is 0.529. The van der Waals surface area contributed by atoms with E-state index in [1.165, 1.54) is 19.1 Å². The second-order valence-electron chi connectivity index (χ2n) is 4.69. The van der Waals surface area contributed by atoms with Crippen LogP contribution in [-0.4, -0.2) is 51.2 Å². The maximum Gasteiger partial charge on any atom is 0.410 e. The molecule has 0 fully saturated rings. The van der Waals surface area contributed by atoms with Crippen molar-refractivity contribution in [1.82, 2.24) is 4.90 Å². The van der Waals surface area contributed by atoms with Crippen molar-refractivity contribution in [2.45, 2.75) is 26.1 Å². The summed E-state index contributed by atoms with van der Waals surface area (Å²) >= 11 is 0. The lowest BCUT2D eigenvalue weighted by Gasteiger charge is -2.24. The number of hydrogen-bond acceptors (Lipinski definition) is 4. The number of unbranched alkanes of at least 4 members (excludes halogenated alkanes) is 1. The first-order valence-corrected chi connectivity index (χ1v) is 7.17. The summed E-state index contributed by atoms with van der Waals surface area (Å²) in [6, 6.07) is 0. The molecular formula is C17H27NO4. The van der Waals surface area contributed by atoms with Crippen LogP contribution in [0, 0.1) is 0 Å². The summed E-state index contributed by atoms with van der Waals surface area (Å²) in [6.07, 6.45) is 6.41. The predicted molar refractivity (Wildman–Crippen MR) is 87.6 cm³/mol.